The molecular weight excluding hydrogens is 406 g/mol. The van der Waals surface area contributed by atoms with Crippen molar-refractivity contribution in [1.82, 2.24) is 29.9 Å². The molecule has 3 fully saturated rings. The third-order valence-electron chi connectivity index (χ3n) is 7.32. The quantitative estimate of drug-likeness (QED) is 0.534. The summed E-state index contributed by atoms with van der Waals surface area (Å²) < 4.78 is 5.88. The van der Waals surface area contributed by atoms with E-state index in [4.69, 9.17) is 4.42 Å². The van der Waals surface area contributed by atoms with Crippen LogP contribution < -0.4 is 5.32 Å². The van der Waals surface area contributed by atoms with Crippen LogP contribution in [0.1, 0.15) is 29.0 Å². The van der Waals surface area contributed by atoms with E-state index in [1.165, 1.54) is 11.2 Å². The van der Waals surface area contributed by atoms with Gasteiger partial charge in [-0.15, -0.1) is 4.80 Å². The minimum Gasteiger partial charge on any atom is -0.424 e. The number of para-hydroxylation sites is 2. The van der Waals surface area contributed by atoms with Crippen molar-refractivity contribution in [2.75, 3.05) is 11.9 Å². The highest BCUT2D eigenvalue weighted by Gasteiger charge is 2.75. The summed E-state index contributed by atoms with van der Waals surface area (Å²) in [6.07, 6.45) is 5.41. The van der Waals surface area contributed by atoms with E-state index in [1.54, 1.807) is 12.4 Å². The standard InChI is InChI=1S/C23H21N7O2/c1-13-6-7-17(30-24-8-9-25-30)19(26-13)21(31)29-12-14-10-23(14)11-16(20(23)29)28-22-27-15-4-2-3-5-18(15)32-22/h2-9,14,16,20H,10-12H2,1H3,(H,27,28). The van der Waals surface area contributed by atoms with Crippen LogP contribution in [0.15, 0.2) is 53.2 Å². The van der Waals surface area contributed by atoms with Gasteiger partial charge in [0.2, 0.25) is 0 Å². The number of anilines is 1. The van der Waals surface area contributed by atoms with Crippen LogP contribution in [0.25, 0.3) is 16.8 Å². The van der Waals surface area contributed by atoms with Crippen molar-refractivity contribution in [3.8, 4) is 5.69 Å². The molecule has 4 aromatic rings. The van der Waals surface area contributed by atoms with Gasteiger partial charge in [0.15, 0.2) is 11.3 Å². The number of aromatic nitrogens is 5. The van der Waals surface area contributed by atoms with Crippen LogP contribution in [-0.2, 0) is 0 Å². The first-order valence-electron chi connectivity index (χ1n) is 10.9. The number of aryl methyl sites for hydroxylation is 1. The highest BCUT2D eigenvalue weighted by Crippen LogP contribution is 2.71. The van der Waals surface area contributed by atoms with Gasteiger partial charge in [-0.1, -0.05) is 12.1 Å². The van der Waals surface area contributed by atoms with Gasteiger partial charge in [-0.3, -0.25) is 4.79 Å². The molecule has 1 spiro atoms. The monoisotopic (exact) mass is 427 g/mol. The van der Waals surface area contributed by atoms with Gasteiger partial charge < -0.3 is 14.6 Å². The third kappa shape index (κ3) is 2.41. The van der Waals surface area contributed by atoms with E-state index in [0.717, 1.165) is 29.8 Å². The molecule has 1 N–H and O–H groups in total. The van der Waals surface area contributed by atoms with Gasteiger partial charge in [0, 0.05) is 12.2 Å². The number of hydrogen-bond donors (Lipinski definition) is 1. The van der Waals surface area contributed by atoms with Crippen LogP contribution in [0.3, 0.4) is 0 Å². The Labute approximate surface area is 183 Å². The zero-order chi connectivity index (χ0) is 21.4. The van der Waals surface area contributed by atoms with Crippen molar-refractivity contribution in [2.45, 2.75) is 31.8 Å². The second kappa shape index (κ2) is 6.15. The number of likely N-dealkylation sites (tertiary alicyclic amines) is 1. The number of carbonyl (C=O) groups is 1. The highest BCUT2D eigenvalue weighted by molar-refractivity contribution is 5.96. The van der Waals surface area contributed by atoms with E-state index in [-0.39, 0.29) is 23.4 Å². The first-order valence-corrected chi connectivity index (χ1v) is 10.9. The zero-order valence-electron chi connectivity index (χ0n) is 17.5. The lowest BCUT2D eigenvalue weighted by molar-refractivity contribution is 0.0462. The Hall–Kier alpha value is -3.75. The molecular formula is C23H21N7O2. The Morgan fingerprint density at radius 1 is 1.12 bits per heavy atom. The first kappa shape index (κ1) is 17.9. The van der Waals surface area contributed by atoms with Crippen molar-refractivity contribution in [2.24, 2.45) is 11.3 Å². The summed E-state index contributed by atoms with van der Waals surface area (Å²) >= 11 is 0. The number of amides is 1. The number of carbonyl (C=O) groups excluding carboxylic acids is 1. The smallest absolute Gasteiger partial charge is 0.295 e. The Kier molecular flexibility index (Phi) is 3.44. The summed E-state index contributed by atoms with van der Waals surface area (Å²) in [5, 5.41) is 11.9. The van der Waals surface area contributed by atoms with Crippen LogP contribution in [0, 0.1) is 18.3 Å². The number of fused-ring (bicyclic) bond motifs is 1. The molecule has 160 valence electrons. The van der Waals surface area contributed by atoms with Gasteiger partial charge in [-0.2, -0.15) is 15.2 Å². The summed E-state index contributed by atoms with van der Waals surface area (Å²) in [7, 11) is 0. The fourth-order valence-electron chi connectivity index (χ4n) is 5.80. The Morgan fingerprint density at radius 2 is 1.97 bits per heavy atom. The lowest BCUT2D eigenvalue weighted by Crippen LogP contribution is -2.60. The number of pyridine rings is 1. The van der Waals surface area contributed by atoms with Gasteiger partial charge in [-0.25, -0.2) is 4.98 Å². The molecule has 4 unspecified atom stereocenters. The zero-order valence-corrected chi connectivity index (χ0v) is 17.5. The Bertz CT molecular complexity index is 1330. The molecule has 9 nitrogen and oxygen atoms in total. The molecule has 1 saturated heterocycles. The predicted molar refractivity (Wildman–Crippen MR) is 115 cm³/mol. The normalized spacial score (nSPS) is 27.7. The topological polar surface area (TPSA) is 102 Å². The van der Waals surface area contributed by atoms with E-state index in [1.807, 2.05) is 48.2 Å². The number of rotatable bonds is 4. The van der Waals surface area contributed by atoms with Gasteiger partial charge in [0.25, 0.3) is 11.9 Å². The van der Waals surface area contributed by atoms with Crippen molar-refractivity contribution >= 4 is 23.0 Å². The Morgan fingerprint density at radius 3 is 2.81 bits per heavy atom. The minimum absolute atomic E-state index is 0.0679. The molecule has 1 amide bonds. The molecule has 2 saturated carbocycles. The maximum Gasteiger partial charge on any atom is 0.295 e. The van der Waals surface area contributed by atoms with Gasteiger partial charge in [-0.05, 0) is 55.4 Å². The highest BCUT2D eigenvalue weighted by atomic mass is 16.4. The number of oxazole rings is 1. The summed E-state index contributed by atoms with van der Waals surface area (Å²) in [5.41, 5.74) is 3.60. The van der Waals surface area contributed by atoms with Crippen molar-refractivity contribution in [1.29, 1.82) is 0 Å². The van der Waals surface area contributed by atoms with E-state index in [0.29, 0.717) is 23.3 Å². The summed E-state index contributed by atoms with van der Waals surface area (Å²) in [5.74, 6) is 0.496. The average Bonchev–Trinajstić information content (AvgIpc) is 3.15. The first-order chi connectivity index (χ1) is 15.6. The fourth-order valence-corrected chi connectivity index (χ4v) is 5.80. The molecule has 1 aliphatic heterocycles. The molecule has 1 aromatic carbocycles. The lowest BCUT2D eigenvalue weighted by atomic mass is 9.71. The number of piperidine rings is 1. The lowest BCUT2D eigenvalue weighted by Gasteiger charge is -2.47. The Balaban J connectivity index is 1.20. The SMILES string of the molecule is Cc1ccc(-n2nccn2)c(C(=O)N2CC3CC34CC(Nc3nc5ccccc5o3)C24)n1. The third-order valence-corrected chi connectivity index (χ3v) is 7.32. The predicted octanol–water partition coefficient (Wildman–Crippen LogP) is 2.83. The maximum absolute atomic E-state index is 13.7. The van der Waals surface area contributed by atoms with Crippen LogP contribution in [0.5, 0.6) is 0 Å². The van der Waals surface area contributed by atoms with E-state index in [2.05, 4.69) is 25.5 Å². The maximum atomic E-state index is 13.7. The molecule has 7 rings (SSSR count). The number of nitrogens with zero attached hydrogens (tertiary/aromatic N) is 6. The van der Waals surface area contributed by atoms with Gasteiger partial charge >= 0.3 is 0 Å². The molecule has 32 heavy (non-hydrogen) atoms. The summed E-state index contributed by atoms with van der Waals surface area (Å²) in [6.45, 7) is 2.65. The van der Waals surface area contributed by atoms with Crippen LogP contribution in [-0.4, -0.2) is 54.4 Å². The molecule has 4 heterocycles. The molecule has 3 aromatic heterocycles. The number of nitrogens with one attached hydrogen (secondary N) is 1. The molecule has 3 aliphatic rings. The van der Waals surface area contributed by atoms with Crippen molar-refractivity contribution < 1.29 is 9.21 Å². The largest absolute Gasteiger partial charge is 0.424 e. The van der Waals surface area contributed by atoms with E-state index < -0.39 is 0 Å². The van der Waals surface area contributed by atoms with E-state index in [9.17, 15) is 4.79 Å². The fraction of sp³-hybridized carbons (Fsp3) is 0.348. The molecule has 9 heteroatoms. The summed E-state index contributed by atoms with van der Waals surface area (Å²) in [6, 6.07) is 12.2. The van der Waals surface area contributed by atoms with Gasteiger partial charge in [0.1, 0.15) is 11.2 Å². The van der Waals surface area contributed by atoms with Crippen LogP contribution in [0.4, 0.5) is 6.01 Å². The molecule has 2 aliphatic carbocycles. The molecule has 0 radical (unpaired) electrons. The second-order valence-corrected chi connectivity index (χ2v) is 9.12. The van der Waals surface area contributed by atoms with Gasteiger partial charge in [0.05, 0.1) is 24.5 Å². The van der Waals surface area contributed by atoms with Crippen LogP contribution >= 0.6 is 0 Å². The van der Waals surface area contributed by atoms with Crippen molar-refractivity contribution in [3.63, 3.8) is 0 Å². The van der Waals surface area contributed by atoms with Crippen LogP contribution in [0.2, 0.25) is 0 Å². The number of hydrogen-bond acceptors (Lipinski definition) is 7. The minimum atomic E-state index is -0.0679. The van der Waals surface area contributed by atoms with E-state index >= 15 is 0 Å². The molecule has 0 bridgehead atoms. The molecule has 4 atom stereocenters. The average molecular weight is 427 g/mol. The van der Waals surface area contributed by atoms with Crippen molar-refractivity contribution in [3.05, 3.63) is 60.2 Å². The summed E-state index contributed by atoms with van der Waals surface area (Å²) in [4.78, 5) is 26.3. The number of benzene rings is 1. The second-order valence-electron chi connectivity index (χ2n) is 9.12.